The molecule has 118 valence electrons. The van der Waals surface area contributed by atoms with Gasteiger partial charge in [0.2, 0.25) is 5.91 Å². The molecular weight excluding hydrogens is 284 g/mol. The number of fused-ring (bicyclic) bond motifs is 1. The molecular formula is C16H20N2O4. The summed E-state index contributed by atoms with van der Waals surface area (Å²) in [5, 5.41) is 22.9. The van der Waals surface area contributed by atoms with E-state index in [2.05, 4.69) is 5.16 Å². The predicted molar refractivity (Wildman–Crippen MR) is 82.2 cm³/mol. The largest absolute Gasteiger partial charge is 0.462 e. The summed E-state index contributed by atoms with van der Waals surface area (Å²) in [6, 6.07) is 7.73. The first kappa shape index (κ1) is 16.0. The average Bonchev–Trinajstić information content (AvgIpc) is 2.98. The second-order valence-corrected chi connectivity index (χ2v) is 5.15. The maximum atomic E-state index is 10.9. The second-order valence-electron chi connectivity index (χ2n) is 5.15. The fourth-order valence-corrected chi connectivity index (χ4v) is 2.41. The summed E-state index contributed by atoms with van der Waals surface area (Å²) in [7, 11) is 0. The Morgan fingerprint density at radius 3 is 2.59 bits per heavy atom. The molecule has 0 unspecified atom stereocenters. The second kappa shape index (κ2) is 8.19. The summed E-state index contributed by atoms with van der Waals surface area (Å²) in [4.78, 5) is 10.9. The van der Waals surface area contributed by atoms with Gasteiger partial charge in [0.05, 0.1) is 6.26 Å². The molecule has 22 heavy (non-hydrogen) atoms. The SMILES string of the molecule is O=C(CCCCCC/C(=N/O)c1occ2ccccc12)NO. The van der Waals surface area contributed by atoms with Crippen molar-refractivity contribution < 1.29 is 19.6 Å². The number of carbonyl (C=O) groups is 1. The molecule has 1 heterocycles. The number of benzene rings is 1. The lowest BCUT2D eigenvalue weighted by Gasteiger charge is -2.03. The Morgan fingerprint density at radius 2 is 1.86 bits per heavy atom. The third-order valence-corrected chi connectivity index (χ3v) is 3.58. The first-order chi connectivity index (χ1) is 10.8. The molecule has 3 N–H and O–H groups in total. The average molecular weight is 304 g/mol. The van der Waals surface area contributed by atoms with Gasteiger partial charge in [0.15, 0.2) is 5.76 Å². The Labute approximate surface area is 128 Å². The van der Waals surface area contributed by atoms with Crippen molar-refractivity contribution >= 4 is 22.4 Å². The van der Waals surface area contributed by atoms with Gasteiger partial charge in [-0.3, -0.25) is 10.0 Å². The maximum absolute atomic E-state index is 10.9. The van der Waals surface area contributed by atoms with Gasteiger partial charge in [0.1, 0.15) is 5.71 Å². The van der Waals surface area contributed by atoms with Crippen LogP contribution >= 0.6 is 0 Å². The molecule has 0 aliphatic heterocycles. The monoisotopic (exact) mass is 304 g/mol. The van der Waals surface area contributed by atoms with E-state index in [4.69, 9.17) is 9.62 Å². The van der Waals surface area contributed by atoms with Crippen molar-refractivity contribution in [1.82, 2.24) is 5.48 Å². The van der Waals surface area contributed by atoms with E-state index in [1.54, 1.807) is 11.7 Å². The van der Waals surface area contributed by atoms with Crippen LogP contribution in [0.4, 0.5) is 0 Å². The minimum absolute atomic E-state index is 0.320. The molecule has 6 heteroatoms. The van der Waals surface area contributed by atoms with Gasteiger partial charge in [-0.15, -0.1) is 0 Å². The van der Waals surface area contributed by atoms with Crippen molar-refractivity contribution in [1.29, 1.82) is 0 Å². The molecule has 1 aromatic carbocycles. The molecule has 1 aromatic heterocycles. The predicted octanol–water partition coefficient (Wildman–Crippen LogP) is 3.46. The van der Waals surface area contributed by atoms with Crippen LogP contribution in [0.3, 0.4) is 0 Å². The first-order valence-electron chi connectivity index (χ1n) is 7.36. The van der Waals surface area contributed by atoms with Gasteiger partial charge in [-0.1, -0.05) is 42.3 Å². The summed E-state index contributed by atoms with van der Waals surface area (Å²) >= 11 is 0. The zero-order valence-corrected chi connectivity index (χ0v) is 12.3. The summed E-state index contributed by atoms with van der Waals surface area (Å²) in [6.45, 7) is 0. The van der Waals surface area contributed by atoms with Crippen LogP contribution in [0.15, 0.2) is 40.1 Å². The minimum atomic E-state index is -0.361. The number of nitrogens with zero attached hydrogens (tertiary/aromatic N) is 1. The van der Waals surface area contributed by atoms with Crippen molar-refractivity contribution in [3.8, 4) is 0 Å². The van der Waals surface area contributed by atoms with Gasteiger partial charge in [0.25, 0.3) is 0 Å². The highest BCUT2D eigenvalue weighted by Gasteiger charge is 2.13. The van der Waals surface area contributed by atoms with Crippen LogP contribution in [-0.2, 0) is 4.79 Å². The lowest BCUT2D eigenvalue weighted by atomic mass is 10.0. The lowest BCUT2D eigenvalue weighted by Crippen LogP contribution is -2.17. The Hall–Kier alpha value is -2.34. The van der Waals surface area contributed by atoms with E-state index in [0.717, 1.165) is 36.5 Å². The molecule has 0 aliphatic carbocycles. The van der Waals surface area contributed by atoms with E-state index in [0.29, 0.717) is 24.3 Å². The molecule has 2 rings (SSSR count). The number of carbonyl (C=O) groups excluding carboxylic acids is 1. The molecule has 0 saturated heterocycles. The van der Waals surface area contributed by atoms with E-state index in [1.807, 2.05) is 24.3 Å². The van der Waals surface area contributed by atoms with Crippen LogP contribution in [0.2, 0.25) is 0 Å². The van der Waals surface area contributed by atoms with Crippen LogP contribution in [-0.4, -0.2) is 22.0 Å². The highest BCUT2D eigenvalue weighted by molar-refractivity contribution is 6.08. The summed E-state index contributed by atoms with van der Waals surface area (Å²) < 4.78 is 5.52. The van der Waals surface area contributed by atoms with Crippen LogP contribution < -0.4 is 5.48 Å². The molecule has 0 bridgehead atoms. The van der Waals surface area contributed by atoms with Crippen LogP contribution in [0.25, 0.3) is 10.8 Å². The smallest absolute Gasteiger partial charge is 0.243 e. The van der Waals surface area contributed by atoms with Crippen molar-refractivity contribution in [3.63, 3.8) is 0 Å². The zero-order valence-electron chi connectivity index (χ0n) is 12.3. The fraction of sp³-hybridized carbons (Fsp3) is 0.375. The number of unbranched alkanes of at least 4 members (excludes halogenated alkanes) is 3. The van der Waals surface area contributed by atoms with E-state index in [1.165, 1.54) is 0 Å². The Morgan fingerprint density at radius 1 is 1.14 bits per heavy atom. The van der Waals surface area contributed by atoms with E-state index in [-0.39, 0.29) is 5.91 Å². The molecule has 0 atom stereocenters. The number of hydrogen-bond donors (Lipinski definition) is 3. The number of amides is 1. The van der Waals surface area contributed by atoms with Crippen LogP contribution in [0.5, 0.6) is 0 Å². The molecule has 2 aromatic rings. The molecule has 6 nitrogen and oxygen atoms in total. The number of furan rings is 1. The van der Waals surface area contributed by atoms with Gasteiger partial charge in [0, 0.05) is 17.2 Å². The van der Waals surface area contributed by atoms with Gasteiger partial charge in [-0.25, -0.2) is 5.48 Å². The number of hydroxylamine groups is 1. The number of oxime groups is 1. The number of nitrogens with one attached hydrogen (secondary N) is 1. The molecule has 0 aliphatic rings. The van der Waals surface area contributed by atoms with Crippen molar-refractivity contribution in [2.75, 3.05) is 0 Å². The summed E-state index contributed by atoms with van der Waals surface area (Å²) in [5.74, 6) is 0.248. The van der Waals surface area contributed by atoms with Gasteiger partial charge in [-0.05, 0) is 19.3 Å². The van der Waals surface area contributed by atoms with Gasteiger partial charge in [-0.2, -0.15) is 0 Å². The van der Waals surface area contributed by atoms with Gasteiger partial charge < -0.3 is 9.62 Å². The standard InChI is InChI=1S/C16H20N2O4/c19-15(18-21)10-4-2-1-3-9-14(17-20)16-13-8-6-5-7-12(13)11-22-16/h5-8,11,20-21H,1-4,9-10H2,(H,18,19)/b17-14-. The third kappa shape index (κ3) is 4.08. The highest BCUT2D eigenvalue weighted by atomic mass is 16.5. The van der Waals surface area contributed by atoms with Crippen molar-refractivity contribution in [2.45, 2.75) is 38.5 Å². The Bertz CT molecular complexity index is 648. The molecule has 0 saturated carbocycles. The molecule has 1 amide bonds. The first-order valence-corrected chi connectivity index (χ1v) is 7.36. The summed E-state index contributed by atoms with van der Waals surface area (Å²) in [6.07, 6.45) is 5.95. The normalized spacial score (nSPS) is 11.8. The van der Waals surface area contributed by atoms with E-state index >= 15 is 0 Å². The minimum Gasteiger partial charge on any atom is -0.462 e. The molecule has 0 fully saturated rings. The van der Waals surface area contributed by atoms with Crippen LogP contribution in [0.1, 0.15) is 44.3 Å². The van der Waals surface area contributed by atoms with Gasteiger partial charge >= 0.3 is 0 Å². The Balaban J connectivity index is 1.82. The van der Waals surface area contributed by atoms with E-state index in [9.17, 15) is 10.0 Å². The topological polar surface area (TPSA) is 95.1 Å². The Kier molecular flexibility index (Phi) is 5.97. The van der Waals surface area contributed by atoms with Crippen molar-refractivity contribution in [2.24, 2.45) is 5.16 Å². The van der Waals surface area contributed by atoms with Crippen molar-refractivity contribution in [3.05, 3.63) is 36.3 Å². The number of hydrogen-bond acceptors (Lipinski definition) is 5. The molecule has 0 spiro atoms. The highest BCUT2D eigenvalue weighted by Crippen LogP contribution is 2.23. The van der Waals surface area contributed by atoms with Crippen LogP contribution in [0, 0.1) is 0 Å². The third-order valence-electron chi connectivity index (χ3n) is 3.58. The summed E-state index contributed by atoms with van der Waals surface area (Å²) in [5.41, 5.74) is 2.15. The maximum Gasteiger partial charge on any atom is 0.243 e. The zero-order chi connectivity index (χ0) is 15.8. The quantitative estimate of drug-likeness (QED) is 0.229. The fourth-order valence-electron chi connectivity index (χ4n) is 2.41. The molecule has 0 radical (unpaired) electrons. The lowest BCUT2D eigenvalue weighted by molar-refractivity contribution is -0.129. The van der Waals surface area contributed by atoms with E-state index < -0.39 is 0 Å². The number of rotatable bonds is 8.